The number of hydrogen-bond donors (Lipinski definition) is 1. The van der Waals surface area contributed by atoms with Gasteiger partial charge in [-0.15, -0.1) is 0 Å². The number of nitrogens with zero attached hydrogens (tertiary/aromatic N) is 1. The average molecular weight is 175 g/mol. The summed E-state index contributed by atoms with van der Waals surface area (Å²) in [5.41, 5.74) is 0. The summed E-state index contributed by atoms with van der Waals surface area (Å²) in [7, 11) is 1.62. The molecule has 0 saturated carbocycles. The van der Waals surface area contributed by atoms with Gasteiger partial charge in [0.15, 0.2) is 0 Å². The van der Waals surface area contributed by atoms with Gasteiger partial charge < -0.3 is 9.84 Å². The maximum Gasteiger partial charge on any atom is 0.317 e. The van der Waals surface area contributed by atoms with Gasteiger partial charge in [0.25, 0.3) is 0 Å². The van der Waals surface area contributed by atoms with Gasteiger partial charge in [0.1, 0.15) is 0 Å². The van der Waals surface area contributed by atoms with Gasteiger partial charge in [-0.25, -0.2) is 0 Å². The molecule has 0 amide bonds. The van der Waals surface area contributed by atoms with Crippen molar-refractivity contribution in [3.63, 3.8) is 0 Å². The number of rotatable bonds is 6. The molecule has 0 aromatic carbocycles. The summed E-state index contributed by atoms with van der Waals surface area (Å²) < 4.78 is 5.03. The zero-order chi connectivity index (χ0) is 9.56. The molecule has 4 nitrogen and oxygen atoms in total. The van der Waals surface area contributed by atoms with Gasteiger partial charge in [-0.2, -0.15) is 0 Å². The number of carboxylic acid groups (broad SMARTS) is 1. The van der Waals surface area contributed by atoms with Gasteiger partial charge in [0.2, 0.25) is 0 Å². The van der Waals surface area contributed by atoms with E-state index in [-0.39, 0.29) is 12.6 Å². The summed E-state index contributed by atoms with van der Waals surface area (Å²) >= 11 is 0. The minimum Gasteiger partial charge on any atom is -0.480 e. The van der Waals surface area contributed by atoms with Crippen LogP contribution in [-0.2, 0) is 9.53 Å². The fourth-order valence-electron chi connectivity index (χ4n) is 0.935. The van der Waals surface area contributed by atoms with Crippen LogP contribution in [-0.4, -0.2) is 48.8 Å². The molecule has 0 fully saturated rings. The third-order valence-corrected chi connectivity index (χ3v) is 1.72. The van der Waals surface area contributed by atoms with Gasteiger partial charge in [-0.1, -0.05) is 6.92 Å². The molecular weight excluding hydrogens is 158 g/mol. The number of methoxy groups -OCH3 is 1. The van der Waals surface area contributed by atoms with Crippen molar-refractivity contribution >= 4 is 5.97 Å². The molecule has 0 spiro atoms. The Morgan fingerprint density at radius 1 is 1.67 bits per heavy atom. The summed E-state index contributed by atoms with van der Waals surface area (Å²) in [6.07, 6.45) is 0.0873. The lowest BCUT2D eigenvalue weighted by atomic mass is 10.3. The Kier molecular flexibility index (Phi) is 5.66. The van der Waals surface area contributed by atoms with E-state index < -0.39 is 5.97 Å². The molecule has 0 rings (SSSR count). The largest absolute Gasteiger partial charge is 0.480 e. The van der Waals surface area contributed by atoms with Gasteiger partial charge >= 0.3 is 5.97 Å². The van der Waals surface area contributed by atoms with Crippen LogP contribution >= 0.6 is 0 Å². The van der Waals surface area contributed by atoms with Crippen LogP contribution in [0.25, 0.3) is 0 Å². The molecule has 1 atom stereocenters. The molecule has 1 N–H and O–H groups in total. The number of aliphatic carboxylic acids is 1. The smallest absolute Gasteiger partial charge is 0.317 e. The van der Waals surface area contributed by atoms with Crippen molar-refractivity contribution in [1.82, 2.24) is 4.90 Å². The third-order valence-electron chi connectivity index (χ3n) is 1.72. The summed E-state index contributed by atoms with van der Waals surface area (Å²) in [5, 5.41) is 8.52. The average Bonchev–Trinajstić information content (AvgIpc) is 2.02. The predicted molar refractivity (Wildman–Crippen MR) is 46.2 cm³/mol. The minimum atomic E-state index is -0.792. The fraction of sp³-hybridized carbons (Fsp3) is 0.875. The van der Waals surface area contributed by atoms with E-state index in [4.69, 9.17) is 9.84 Å². The molecule has 12 heavy (non-hydrogen) atoms. The van der Waals surface area contributed by atoms with Crippen LogP contribution in [0.15, 0.2) is 0 Å². The summed E-state index contributed by atoms with van der Waals surface area (Å²) in [4.78, 5) is 12.2. The lowest BCUT2D eigenvalue weighted by Crippen LogP contribution is -2.35. The Morgan fingerprint density at radius 2 is 2.25 bits per heavy atom. The maximum absolute atomic E-state index is 10.4. The fourth-order valence-corrected chi connectivity index (χ4v) is 0.935. The summed E-state index contributed by atoms with van der Waals surface area (Å²) in [5.74, 6) is -0.792. The molecule has 0 aliphatic rings. The first kappa shape index (κ1) is 11.4. The third kappa shape index (κ3) is 5.09. The molecule has 4 heteroatoms. The minimum absolute atomic E-state index is 0.0873. The van der Waals surface area contributed by atoms with Gasteiger partial charge in [-0.3, -0.25) is 9.69 Å². The first-order valence-electron chi connectivity index (χ1n) is 4.07. The molecule has 0 aliphatic carbocycles. The Balaban J connectivity index is 3.74. The van der Waals surface area contributed by atoms with E-state index >= 15 is 0 Å². The molecule has 1 unspecified atom stereocenters. The summed E-state index contributed by atoms with van der Waals surface area (Å²) in [6.45, 7) is 5.35. The van der Waals surface area contributed by atoms with Crippen LogP contribution in [0.2, 0.25) is 0 Å². The monoisotopic (exact) mass is 175 g/mol. The highest BCUT2D eigenvalue weighted by Crippen LogP contribution is 1.94. The molecule has 0 heterocycles. The first-order valence-corrected chi connectivity index (χ1v) is 4.07. The maximum atomic E-state index is 10.4. The van der Waals surface area contributed by atoms with Crippen molar-refractivity contribution < 1.29 is 14.6 Å². The highest BCUT2D eigenvalue weighted by Gasteiger charge is 2.10. The van der Waals surface area contributed by atoms with E-state index in [1.807, 2.05) is 18.7 Å². The first-order chi connectivity index (χ1) is 5.60. The van der Waals surface area contributed by atoms with Crippen LogP contribution in [0.3, 0.4) is 0 Å². The second-order valence-electron chi connectivity index (χ2n) is 2.77. The predicted octanol–water partition coefficient (Wildman–Crippen LogP) is 0.428. The van der Waals surface area contributed by atoms with Crippen LogP contribution in [0.1, 0.15) is 13.8 Å². The van der Waals surface area contributed by atoms with E-state index in [0.29, 0.717) is 6.54 Å². The number of carbonyl (C=O) groups is 1. The van der Waals surface area contributed by atoms with Crippen LogP contribution in [0, 0.1) is 0 Å². The van der Waals surface area contributed by atoms with Crippen molar-refractivity contribution in [2.24, 2.45) is 0 Å². The van der Waals surface area contributed by atoms with Crippen molar-refractivity contribution in [1.29, 1.82) is 0 Å². The SMILES string of the molecule is CCN(CC(=O)O)CC(C)OC. The number of likely N-dealkylation sites (N-methyl/N-ethyl adjacent to an activating group) is 1. The zero-order valence-corrected chi connectivity index (χ0v) is 7.91. The lowest BCUT2D eigenvalue weighted by molar-refractivity contribution is -0.138. The van der Waals surface area contributed by atoms with Crippen molar-refractivity contribution in [3.05, 3.63) is 0 Å². The van der Waals surface area contributed by atoms with Gasteiger partial charge in [0.05, 0.1) is 12.6 Å². The Labute approximate surface area is 73.1 Å². The topological polar surface area (TPSA) is 49.8 Å². The van der Waals surface area contributed by atoms with E-state index in [9.17, 15) is 4.79 Å². The van der Waals surface area contributed by atoms with Crippen LogP contribution in [0.5, 0.6) is 0 Å². The van der Waals surface area contributed by atoms with E-state index in [0.717, 1.165) is 6.54 Å². The van der Waals surface area contributed by atoms with Gasteiger partial charge in [0, 0.05) is 13.7 Å². The highest BCUT2D eigenvalue weighted by molar-refractivity contribution is 5.69. The molecule has 0 aromatic rings. The van der Waals surface area contributed by atoms with E-state index in [1.165, 1.54) is 0 Å². The quantitative estimate of drug-likeness (QED) is 0.636. The van der Waals surface area contributed by atoms with Gasteiger partial charge in [-0.05, 0) is 13.5 Å². The van der Waals surface area contributed by atoms with Crippen LogP contribution < -0.4 is 0 Å². The molecule has 0 radical (unpaired) electrons. The van der Waals surface area contributed by atoms with Crippen molar-refractivity contribution in [3.8, 4) is 0 Å². The standard InChI is InChI=1S/C8H17NO3/c1-4-9(6-8(10)11)5-7(2)12-3/h7H,4-6H2,1-3H3,(H,10,11). The molecular formula is C8H17NO3. The van der Waals surface area contributed by atoms with Crippen molar-refractivity contribution in [2.75, 3.05) is 26.7 Å². The molecule has 0 saturated heterocycles. The number of ether oxygens (including phenoxy) is 1. The Hall–Kier alpha value is -0.610. The normalized spacial score (nSPS) is 13.3. The second kappa shape index (κ2) is 5.97. The number of hydrogen-bond acceptors (Lipinski definition) is 3. The molecule has 72 valence electrons. The van der Waals surface area contributed by atoms with E-state index in [1.54, 1.807) is 7.11 Å². The summed E-state index contributed by atoms with van der Waals surface area (Å²) in [6, 6.07) is 0. The number of carboxylic acids is 1. The lowest BCUT2D eigenvalue weighted by Gasteiger charge is -2.21. The molecule has 0 aromatic heterocycles. The van der Waals surface area contributed by atoms with Crippen molar-refractivity contribution in [2.45, 2.75) is 20.0 Å². The van der Waals surface area contributed by atoms with E-state index in [2.05, 4.69) is 0 Å². The van der Waals surface area contributed by atoms with Crippen LogP contribution in [0.4, 0.5) is 0 Å². The Morgan fingerprint density at radius 3 is 2.58 bits per heavy atom. The Bertz CT molecular complexity index is 138. The second-order valence-corrected chi connectivity index (χ2v) is 2.77. The highest BCUT2D eigenvalue weighted by atomic mass is 16.5. The zero-order valence-electron chi connectivity index (χ0n) is 7.91. The molecule has 0 aliphatic heterocycles. The molecule has 0 bridgehead atoms.